The Morgan fingerprint density at radius 1 is 1.00 bits per heavy atom. The highest BCUT2D eigenvalue weighted by molar-refractivity contribution is 4.64. The fourth-order valence-electron chi connectivity index (χ4n) is 1.64. The van der Waals surface area contributed by atoms with E-state index >= 15 is 0 Å². The van der Waals surface area contributed by atoms with Crippen LogP contribution in [-0.2, 0) is 0 Å². The van der Waals surface area contributed by atoms with Crippen molar-refractivity contribution >= 4 is 0 Å². The fraction of sp³-hybridized carbons (Fsp3) is 1.00. The molecular weight excluding hydrogens is 172 g/mol. The van der Waals surface area contributed by atoms with Crippen LogP contribution in [0.1, 0.15) is 72.6 Å². The van der Waals surface area contributed by atoms with E-state index in [0.717, 1.165) is 19.3 Å². The highest BCUT2D eigenvalue weighted by atomic mass is 16.3. The van der Waals surface area contributed by atoms with Crippen LogP contribution >= 0.6 is 0 Å². The molecule has 0 radical (unpaired) electrons. The molecule has 0 aromatic carbocycles. The van der Waals surface area contributed by atoms with E-state index in [1.807, 2.05) is 0 Å². The second-order valence-electron chi connectivity index (χ2n) is 5.60. The van der Waals surface area contributed by atoms with Gasteiger partial charge in [-0.05, 0) is 24.7 Å². The van der Waals surface area contributed by atoms with Crippen molar-refractivity contribution in [2.45, 2.75) is 78.7 Å². The van der Waals surface area contributed by atoms with Crippen molar-refractivity contribution in [1.82, 2.24) is 0 Å². The lowest BCUT2D eigenvalue weighted by atomic mass is 9.89. The van der Waals surface area contributed by atoms with Crippen LogP contribution < -0.4 is 0 Å². The van der Waals surface area contributed by atoms with E-state index in [2.05, 4.69) is 27.7 Å². The minimum Gasteiger partial charge on any atom is -0.393 e. The van der Waals surface area contributed by atoms with Crippen molar-refractivity contribution in [3.63, 3.8) is 0 Å². The number of hydrogen-bond donors (Lipinski definition) is 1. The Morgan fingerprint density at radius 3 is 2.07 bits per heavy atom. The first kappa shape index (κ1) is 14.0. The predicted molar refractivity (Wildman–Crippen MR) is 63.5 cm³/mol. The van der Waals surface area contributed by atoms with Gasteiger partial charge in [0.1, 0.15) is 0 Å². The lowest BCUT2D eigenvalue weighted by Gasteiger charge is -2.18. The van der Waals surface area contributed by atoms with Crippen LogP contribution in [0.3, 0.4) is 0 Å². The Hall–Kier alpha value is -0.0400. The number of hydrogen-bond acceptors (Lipinski definition) is 1. The summed E-state index contributed by atoms with van der Waals surface area (Å²) in [6.45, 7) is 8.98. The molecule has 0 amide bonds. The highest BCUT2D eigenvalue weighted by Gasteiger charge is 2.11. The molecule has 14 heavy (non-hydrogen) atoms. The van der Waals surface area contributed by atoms with Gasteiger partial charge < -0.3 is 5.11 Å². The summed E-state index contributed by atoms with van der Waals surface area (Å²) < 4.78 is 0. The van der Waals surface area contributed by atoms with Gasteiger partial charge in [-0.15, -0.1) is 0 Å². The van der Waals surface area contributed by atoms with E-state index in [9.17, 15) is 5.11 Å². The molecule has 0 fully saturated rings. The maximum atomic E-state index is 9.67. The Kier molecular flexibility index (Phi) is 7.26. The third-order valence-electron chi connectivity index (χ3n) is 2.61. The van der Waals surface area contributed by atoms with Crippen molar-refractivity contribution in [3.05, 3.63) is 0 Å². The van der Waals surface area contributed by atoms with E-state index in [1.54, 1.807) is 0 Å². The summed E-state index contributed by atoms with van der Waals surface area (Å²) in [5.41, 5.74) is 0.420. The van der Waals surface area contributed by atoms with Crippen LogP contribution in [0.15, 0.2) is 0 Å². The average Bonchev–Trinajstić information content (AvgIpc) is 2.02. The van der Waals surface area contributed by atoms with E-state index in [0.29, 0.717) is 5.41 Å². The van der Waals surface area contributed by atoms with Gasteiger partial charge in [-0.2, -0.15) is 0 Å². The summed E-state index contributed by atoms with van der Waals surface area (Å²) in [5, 5.41) is 9.67. The molecule has 0 heterocycles. The SMILES string of the molecule is CCCCC[C@H](O)CCCC(C)(C)C. The maximum absolute atomic E-state index is 9.67. The van der Waals surface area contributed by atoms with Crippen molar-refractivity contribution in [3.8, 4) is 0 Å². The molecule has 86 valence electrons. The van der Waals surface area contributed by atoms with Gasteiger partial charge in [-0.1, -0.05) is 53.4 Å². The largest absolute Gasteiger partial charge is 0.393 e. The standard InChI is InChI=1S/C13H28O/c1-5-6-7-9-12(14)10-8-11-13(2,3)4/h12,14H,5-11H2,1-4H3/t12-/m0/s1. The van der Waals surface area contributed by atoms with E-state index in [-0.39, 0.29) is 6.10 Å². The van der Waals surface area contributed by atoms with Gasteiger partial charge in [0.2, 0.25) is 0 Å². The van der Waals surface area contributed by atoms with Crippen LogP contribution in [0.2, 0.25) is 0 Å². The molecule has 0 spiro atoms. The Labute approximate surface area is 89.9 Å². The third-order valence-corrected chi connectivity index (χ3v) is 2.61. The van der Waals surface area contributed by atoms with Crippen LogP contribution in [-0.4, -0.2) is 11.2 Å². The molecule has 0 rings (SSSR count). The van der Waals surface area contributed by atoms with Crippen molar-refractivity contribution < 1.29 is 5.11 Å². The molecule has 1 N–H and O–H groups in total. The van der Waals surface area contributed by atoms with Crippen molar-refractivity contribution in [1.29, 1.82) is 0 Å². The number of rotatable bonds is 7. The molecule has 0 aliphatic heterocycles. The lowest BCUT2D eigenvalue weighted by molar-refractivity contribution is 0.143. The first-order valence-corrected chi connectivity index (χ1v) is 6.14. The highest BCUT2D eigenvalue weighted by Crippen LogP contribution is 2.22. The van der Waals surface area contributed by atoms with Crippen LogP contribution in [0.25, 0.3) is 0 Å². The number of aliphatic hydroxyl groups excluding tert-OH is 1. The summed E-state index contributed by atoms with van der Waals surface area (Å²) in [4.78, 5) is 0. The minimum absolute atomic E-state index is 0.0519. The van der Waals surface area contributed by atoms with Gasteiger partial charge >= 0.3 is 0 Å². The van der Waals surface area contributed by atoms with Gasteiger partial charge in [0.25, 0.3) is 0 Å². The van der Waals surface area contributed by atoms with Crippen molar-refractivity contribution in [2.24, 2.45) is 5.41 Å². The molecule has 0 unspecified atom stereocenters. The van der Waals surface area contributed by atoms with Crippen LogP contribution in [0.5, 0.6) is 0 Å². The summed E-state index contributed by atoms with van der Waals surface area (Å²) in [6.07, 6.45) is 8.01. The van der Waals surface area contributed by atoms with Gasteiger partial charge in [0.05, 0.1) is 6.10 Å². The van der Waals surface area contributed by atoms with E-state index < -0.39 is 0 Å². The summed E-state index contributed by atoms with van der Waals surface area (Å²) in [6, 6.07) is 0. The van der Waals surface area contributed by atoms with Gasteiger partial charge in [0, 0.05) is 0 Å². The summed E-state index contributed by atoms with van der Waals surface area (Å²) in [5.74, 6) is 0. The molecule has 0 aromatic heterocycles. The molecule has 0 bridgehead atoms. The Morgan fingerprint density at radius 2 is 1.57 bits per heavy atom. The van der Waals surface area contributed by atoms with Gasteiger partial charge in [0.15, 0.2) is 0 Å². The molecule has 0 aliphatic carbocycles. The fourth-order valence-corrected chi connectivity index (χ4v) is 1.64. The van der Waals surface area contributed by atoms with Gasteiger partial charge in [-0.25, -0.2) is 0 Å². The molecule has 1 heteroatoms. The summed E-state index contributed by atoms with van der Waals surface area (Å²) in [7, 11) is 0. The molecule has 0 aromatic rings. The molecule has 0 saturated heterocycles. The van der Waals surface area contributed by atoms with Crippen LogP contribution in [0.4, 0.5) is 0 Å². The zero-order chi connectivity index (χ0) is 11.0. The van der Waals surface area contributed by atoms with E-state index in [1.165, 1.54) is 25.7 Å². The topological polar surface area (TPSA) is 20.2 Å². The Bertz CT molecular complexity index is 124. The molecule has 0 saturated carbocycles. The third kappa shape index (κ3) is 10.0. The minimum atomic E-state index is -0.0519. The summed E-state index contributed by atoms with van der Waals surface area (Å²) >= 11 is 0. The second-order valence-corrected chi connectivity index (χ2v) is 5.60. The zero-order valence-corrected chi connectivity index (χ0v) is 10.5. The monoisotopic (exact) mass is 200 g/mol. The number of aliphatic hydroxyl groups is 1. The maximum Gasteiger partial charge on any atom is 0.0540 e. The van der Waals surface area contributed by atoms with Crippen molar-refractivity contribution in [2.75, 3.05) is 0 Å². The quantitative estimate of drug-likeness (QED) is 0.612. The normalized spacial score (nSPS) is 14.4. The first-order chi connectivity index (χ1) is 6.45. The smallest absolute Gasteiger partial charge is 0.0540 e. The molecular formula is C13H28O. The Balaban J connectivity index is 3.31. The van der Waals surface area contributed by atoms with Gasteiger partial charge in [-0.3, -0.25) is 0 Å². The lowest BCUT2D eigenvalue weighted by Crippen LogP contribution is -2.10. The first-order valence-electron chi connectivity index (χ1n) is 6.14. The van der Waals surface area contributed by atoms with E-state index in [4.69, 9.17) is 0 Å². The molecule has 0 aliphatic rings. The molecule has 1 atom stereocenters. The average molecular weight is 200 g/mol. The zero-order valence-electron chi connectivity index (χ0n) is 10.5. The number of unbranched alkanes of at least 4 members (excludes halogenated alkanes) is 2. The predicted octanol–water partition coefficient (Wildman–Crippen LogP) is 4.14. The second kappa shape index (κ2) is 7.28. The molecule has 1 nitrogen and oxygen atoms in total. The van der Waals surface area contributed by atoms with Crippen LogP contribution in [0, 0.1) is 5.41 Å².